The molecule has 1 atom stereocenters. The molecule has 0 aliphatic rings. The zero-order valence-electron chi connectivity index (χ0n) is 11.9. The van der Waals surface area contributed by atoms with E-state index in [9.17, 15) is 4.39 Å². The Balaban J connectivity index is 2.37. The first-order valence-corrected chi connectivity index (χ1v) is 7.97. The summed E-state index contributed by atoms with van der Waals surface area (Å²) in [5.74, 6) is -0.420. The van der Waals surface area contributed by atoms with Crippen LogP contribution in [0.1, 0.15) is 36.9 Å². The van der Waals surface area contributed by atoms with Crippen LogP contribution in [0.5, 0.6) is 0 Å². The van der Waals surface area contributed by atoms with Gasteiger partial charge in [0.15, 0.2) is 0 Å². The fourth-order valence-corrected chi connectivity index (χ4v) is 2.77. The zero-order chi connectivity index (χ0) is 15.2. The molecule has 21 heavy (non-hydrogen) atoms. The van der Waals surface area contributed by atoms with E-state index in [0.29, 0.717) is 5.56 Å². The number of hydrogen-bond acceptors (Lipinski definition) is 3. The third-order valence-electron chi connectivity index (χ3n) is 2.93. The summed E-state index contributed by atoms with van der Waals surface area (Å²) in [6, 6.07) is 4.55. The van der Waals surface area contributed by atoms with E-state index in [4.69, 9.17) is 11.6 Å². The fraction of sp³-hybridized carbons (Fsp3) is 0.250. The quantitative estimate of drug-likeness (QED) is 0.672. The highest BCUT2D eigenvalue weighted by atomic mass is 35.5. The lowest BCUT2D eigenvalue weighted by atomic mass is 10.1. The van der Waals surface area contributed by atoms with Crippen LogP contribution in [0.4, 0.5) is 4.39 Å². The first-order chi connectivity index (χ1) is 10.1. The largest absolute Gasteiger partial charge is 0.274 e. The van der Waals surface area contributed by atoms with Gasteiger partial charge >= 0.3 is 0 Å². The Labute approximate surface area is 133 Å². The van der Waals surface area contributed by atoms with Crippen molar-refractivity contribution in [1.82, 2.24) is 4.98 Å². The van der Waals surface area contributed by atoms with E-state index >= 15 is 0 Å². The molecule has 0 fully saturated rings. The lowest BCUT2D eigenvalue weighted by Gasteiger charge is -2.11. The van der Waals surface area contributed by atoms with E-state index in [0.717, 1.165) is 17.1 Å². The van der Waals surface area contributed by atoms with Gasteiger partial charge in [-0.15, -0.1) is 11.3 Å². The number of nitrogens with zero attached hydrogens (tertiary/aromatic N) is 2. The van der Waals surface area contributed by atoms with Crippen molar-refractivity contribution >= 4 is 28.6 Å². The van der Waals surface area contributed by atoms with Crippen molar-refractivity contribution in [1.29, 1.82) is 0 Å². The SMILES string of the molecule is CC/C=C/C(=N[C@H](C)c1cccc(F)c1Cl)c1nccs1. The molecule has 5 heteroatoms. The van der Waals surface area contributed by atoms with Crippen LogP contribution >= 0.6 is 22.9 Å². The molecule has 1 aromatic heterocycles. The maximum atomic E-state index is 13.5. The average molecular weight is 323 g/mol. The molecule has 0 aliphatic carbocycles. The van der Waals surface area contributed by atoms with Crippen molar-refractivity contribution in [3.05, 3.63) is 63.3 Å². The van der Waals surface area contributed by atoms with E-state index in [1.807, 2.05) is 24.5 Å². The fourth-order valence-electron chi connectivity index (χ4n) is 1.87. The first kappa shape index (κ1) is 15.9. The van der Waals surface area contributed by atoms with E-state index in [-0.39, 0.29) is 11.1 Å². The van der Waals surface area contributed by atoms with Crippen LogP contribution in [-0.2, 0) is 0 Å². The maximum Gasteiger partial charge on any atom is 0.142 e. The molecular weight excluding hydrogens is 307 g/mol. The molecule has 0 amide bonds. The predicted octanol–water partition coefficient (Wildman–Crippen LogP) is 5.45. The van der Waals surface area contributed by atoms with Crippen molar-refractivity contribution in [3.8, 4) is 0 Å². The maximum absolute atomic E-state index is 13.5. The summed E-state index contributed by atoms with van der Waals surface area (Å²) in [7, 11) is 0. The number of thiazole rings is 1. The van der Waals surface area contributed by atoms with Gasteiger partial charge in [-0.05, 0) is 31.1 Å². The Morgan fingerprint density at radius 3 is 3.00 bits per heavy atom. The molecule has 0 N–H and O–H groups in total. The molecule has 2 rings (SSSR count). The van der Waals surface area contributed by atoms with Crippen molar-refractivity contribution < 1.29 is 4.39 Å². The highest BCUT2D eigenvalue weighted by Crippen LogP contribution is 2.28. The van der Waals surface area contributed by atoms with Crippen LogP contribution in [0.3, 0.4) is 0 Å². The Morgan fingerprint density at radius 2 is 2.33 bits per heavy atom. The molecule has 1 aromatic carbocycles. The number of halogens is 2. The standard InChI is InChI=1S/C16H16ClFN2S/c1-3-4-8-14(16-19-9-10-21-16)20-11(2)12-6-5-7-13(18)15(12)17/h4-11H,3H2,1-2H3/b8-4+,20-14?/t11-/m1/s1. The van der Waals surface area contributed by atoms with E-state index in [1.54, 1.807) is 18.3 Å². The zero-order valence-corrected chi connectivity index (χ0v) is 13.5. The molecule has 2 aromatic rings. The Morgan fingerprint density at radius 1 is 1.52 bits per heavy atom. The second kappa shape index (κ2) is 7.48. The molecule has 2 nitrogen and oxygen atoms in total. The van der Waals surface area contributed by atoms with Gasteiger partial charge < -0.3 is 0 Å². The number of rotatable bonds is 5. The van der Waals surface area contributed by atoms with Gasteiger partial charge in [0.1, 0.15) is 10.8 Å². The third-order valence-corrected chi connectivity index (χ3v) is 4.12. The normalized spacial score (nSPS) is 13.8. The van der Waals surface area contributed by atoms with Crippen LogP contribution in [0, 0.1) is 5.82 Å². The minimum absolute atomic E-state index is 0.131. The van der Waals surface area contributed by atoms with Crippen molar-refractivity contribution in [3.63, 3.8) is 0 Å². The van der Waals surface area contributed by atoms with E-state index < -0.39 is 5.82 Å². The van der Waals surface area contributed by atoms with Crippen molar-refractivity contribution in [2.75, 3.05) is 0 Å². The summed E-state index contributed by atoms with van der Waals surface area (Å²) in [6.45, 7) is 3.96. The first-order valence-electron chi connectivity index (χ1n) is 6.71. The summed E-state index contributed by atoms with van der Waals surface area (Å²) in [5, 5.41) is 2.88. The molecule has 0 unspecified atom stereocenters. The lowest BCUT2D eigenvalue weighted by Crippen LogP contribution is -2.01. The Kier molecular flexibility index (Phi) is 5.65. The number of benzene rings is 1. The molecule has 110 valence electrons. The number of aromatic nitrogens is 1. The summed E-state index contributed by atoms with van der Waals surface area (Å²) in [6.07, 6.45) is 6.64. The van der Waals surface area contributed by atoms with Gasteiger partial charge in [-0.25, -0.2) is 9.37 Å². The van der Waals surface area contributed by atoms with Crippen LogP contribution in [0.25, 0.3) is 0 Å². The van der Waals surface area contributed by atoms with Crippen LogP contribution < -0.4 is 0 Å². The van der Waals surface area contributed by atoms with Gasteiger partial charge in [-0.3, -0.25) is 4.99 Å². The Bertz CT molecular complexity index is 650. The van der Waals surface area contributed by atoms with Crippen molar-refractivity contribution in [2.45, 2.75) is 26.3 Å². The van der Waals surface area contributed by atoms with Crippen LogP contribution in [0.15, 0.2) is 46.9 Å². The summed E-state index contributed by atoms with van der Waals surface area (Å²) < 4.78 is 13.5. The predicted molar refractivity (Wildman–Crippen MR) is 87.9 cm³/mol. The molecule has 0 saturated heterocycles. The van der Waals surface area contributed by atoms with Crippen LogP contribution in [-0.4, -0.2) is 10.7 Å². The van der Waals surface area contributed by atoms with Gasteiger partial charge in [0.05, 0.1) is 16.8 Å². The molecule has 0 saturated carbocycles. The molecule has 0 radical (unpaired) electrons. The Hall–Kier alpha value is -1.52. The topological polar surface area (TPSA) is 25.2 Å². The second-order valence-corrected chi connectivity index (χ2v) is 5.75. The van der Waals surface area contributed by atoms with Gasteiger partial charge in [-0.1, -0.05) is 36.7 Å². The minimum Gasteiger partial charge on any atom is -0.274 e. The summed E-state index contributed by atoms with van der Waals surface area (Å²) >= 11 is 7.55. The average Bonchev–Trinajstić information content (AvgIpc) is 3.00. The second-order valence-electron chi connectivity index (χ2n) is 4.48. The van der Waals surface area contributed by atoms with E-state index in [1.165, 1.54) is 17.4 Å². The molecule has 0 spiro atoms. The number of aliphatic imine (C=N–C) groups is 1. The highest BCUT2D eigenvalue weighted by Gasteiger charge is 2.13. The molecule has 1 heterocycles. The van der Waals surface area contributed by atoms with Gasteiger partial charge in [0.2, 0.25) is 0 Å². The molecule has 0 bridgehead atoms. The van der Waals surface area contributed by atoms with Crippen LogP contribution in [0.2, 0.25) is 5.02 Å². The van der Waals surface area contributed by atoms with Gasteiger partial charge in [0.25, 0.3) is 0 Å². The van der Waals surface area contributed by atoms with E-state index in [2.05, 4.69) is 16.9 Å². The summed E-state index contributed by atoms with van der Waals surface area (Å²) in [5.41, 5.74) is 1.47. The monoisotopic (exact) mass is 322 g/mol. The number of hydrogen-bond donors (Lipinski definition) is 0. The third kappa shape index (κ3) is 3.99. The smallest absolute Gasteiger partial charge is 0.142 e. The highest BCUT2D eigenvalue weighted by molar-refractivity contribution is 7.11. The summed E-state index contributed by atoms with van der Waals surface area (Å²) in [4.78, 5) is 8.94. The lowest BCUT2D eigenvalue weighted by molar-refractivity contribution is 0.623. The van der Waals surface area contributed by atoms with Gasteiger partial charge in [-0.2, -0.15) is 0 Å². The molecule has 0 aliphatic heterocycles. The van der Waals surface area contributed by atoms with Crippen molar-refractivity contribution in [2.24, 2.45) is 4.99 Å². The minimum atomic E-state index is -0.420. The number of allylic oxidation sites excluding steroid dienone is 2. The van der Waals surface area contributed by atoms with Gasteiger partial charge in [0, 0.05) is 11.6 Å². The molecular formula is C16H16ClFN2S.